The van der Waals surface area contributed by atoms with Crippen LogP contribution in [0.15, 0.2) is 12.1 Å². The maximum atomic E-state index is 12.4. The molecule has 1 aromatic carbocycles. The Labute approximate surface area is 121 Å². The fourth-order valence-electron chi connectivity index (χ4n) is 2.54. The van der Waals surface area contributed by atoms with Crippen LogP contribution in [0.3, 0.4) is 0 Å². The summed E-state index contributed by atoms with van der Waals surface area (Å²) in [6.07, 6.45) is 4.13. The van der Waals surface area contributed by atoms with E-state index in [1.165, 1.54) is 12.1 Å². The summed E-state index contributed by atoms with van der Waals surface area (Å²) in [5.74, 6) is -0.262. The van der Waals surface area contributed by atoms with Crippen LogP contribution in [-0.2, 0) is 0 Å². The maximum Gasteiger partial charge on any atom is 0.294 e. The third-order valence-electron chi connectivity index (χ3n) is 3.74. The van der Waals surface area contributed by atoms with Gasteiger partial charge in [0.2, 0.25) is 0 Å². The highest BCUT2D eigenvalue weighted by molar-refractivity contribution is 6.34. The van der Waals surface area contributed by atoms with Crippen molar-refractivity contribution in [1.82, 2.24) is 4.90 Å². The van der Waals surface area contributed by atoms with Crippen LogP contribution in [0.25, 0.3) is 0 Å². The van der Waals surface area contributed by atoms with Crippen molar-refractivity contribution in [2.24, 2.45) is 0 Å². The normalized spacial score (nSPS) is 15.3. The Morgan fingerprint density at radius 1 is 1.45 bits per heavy atom. The molecule has 108 valence electrons. The van der Waals surface area contributed by atoms with Gasteiger partial charge in [0, 0.05) is 24.7 Å². The molecule has 6 nitrogen and oxygen atoms in total. The van der Waals surface area contributed by atoms with Crippen LogP contribution >= 0.6 is 11.6 Å². The highest BCUT2D eigenvalue weighted by atomic mass is 35.5. The summed E-state index contributed by atoms with van der Waals surface area (Å²) in [4.78, 5) is 24.3. The minimum Gasteiger partial charge on any atom is -0.392 e. The molecule has 1 saturated carbocycles. The van der Waals surface area contributed by atoms with E-state index in [4.69, 9.17) is 17.3 Å². The Morgan fingerprint density at radius 3 is 2.60 bits per heavy atom. The lowest BCUT2D eigenvalue weighted by atomic mass is 10.1. The molecule has 2 N–H and O–H groups in total. The fraction of sp³-hybridized carbons (Fsp3) is 0.462. The molecule has 0 aromatic heterocycles. The Kier molecular flexibility index (Phi) is 4.13. The molecule has 0 saturated heterocycles. The number of benzene rings is 1. The Hall–Kier alpha value is -1.82. The van der Waals surface area contributed by atoms with Gasteiger partial charge in [-0.15, -0.1) is 0 Å². The number of nitrogens with two attached hydrogens (primary N) is 1. The first-order chi connectivity index (χ1) is 9.41. The van der Waals surface area contributed by atoms with E-state index in [0.717, 1.165) is 25.7 Å². The van der Waals surface area contributed by atoms with Crippen molar-refractivity contribution in [3.63, 3.8) is 0 Å². The quantitative estimate of drug-likeness (QED) is 0.528. The first-order valence-electron chi connectivity index (χ1n) is 6.42. The fourth-order valence-corrected chi connectivity index (χ4v) is 2.75. The number of nitro benzene ring substituents is 1. The van der Waals surface area contributed by atoms with Crippen molar-refractivity contribution in [2.45, 2.75) is 31.7 Å². The van der Waals surface area contributed by atoms with Crippen LogP contribution in [0.5, 0.6) is 0 Å². The predicted octanol–water partition coefficient (Wildman–Crippen LogP) is 2.85. The van der Waals surface area contributed by atoms with Gasteiger partial charge in [0.15, 0.2) is 0 Å². The molecule has 0 spiro atoms. The number of anilines is 1. The second kappa shape index (κ2) is 5.66. The third-order valence-corrected chi connectivity index (χ3v) is 4.06. The molecule has 1 fully saturated rings. The van der Waals surface area contributed by atoms with Crippen LogP contribution in [0.2, 0.25) is 5.02 Å². The van der Waals surface area contributed by atoms with Gasteiger partial charge in [-0.3, -0.25) is 14.9 Å². The van der Waals surface area contributed by atoms with Crippen molar-refractivity contribution >= 4 is 28.9 Å². The standard InChI is InChI=1S/C13H16ClN3O3/c1-16(9-4-2-3-5-9)13(18)8-6-10(14)12(15)11(7-8)17(19)20/h6-7,9H,2-5,15H2,1H3. The van der Waals surface area contributed by atoms with Crippen LogP contribution < -0.4 is 5.73 Å². The van der Waals surface area contributed by atoms with E-state index in [0.29, 0.717) is 0 Å². The summed E-state index contributed by atoms with van der Waals surface area (Å²) < 4.78 is 0. The average Bonchev–Trinajstić information content (AvgIpc) is 2.93. The monoisotopic (exact) mass is 297 g/mol. The molecule has 0 unspecified atom stereocenters. The molecule has 7 heteroatoms. The molecule has 20 heavy (non-hydrogen) atoms. The summed E-state index contributed by atoms with van der Waals surface area (Å²) in [5, 5.41) is 10.9. The predicted molar refractivity (Wildman–Crippen MR) is 76.9 cm³/mol. The molecule has 0 radical (unpaired) electrons. The molecule has 1 aromatic rings. The number of nitro groups is 1. The molecule has 1 amide bonds. The van der Waals surface area contributed by atoms with Crippen molar-refractivity contribution < 1.29 is 9.72 Å². The average molecular weight is 298 g/mol. The van der Waals surface area contributed by atoms with Gasteiger partial charge in [0.25, 0.3) is 11.6 Å². The lowest BCUT2D eigenvalue weighted by molar-refractivity contribution is -0.383. The van der Waals surface area contributed by atoms with E-state index in [1.54, 1.807) is 11.9 Å². The molecular weight excluding hydrogens is 282 g/mol. The second-order valence-electron chi connectivity index (χ2n) is 5.00. The summed E-state index contributed by atoms with van der Waals surface area (Å²) in [5.41, 5.74) is 5.30. The van der Waals surface area contributed by atoms with Gasteiger partial charge < -0.3 is 10.6 Å². The van der Waals surface area contributed by atoms with Crippen LogP contribution in [0, 0.1) is 10.1 Å². The number of nitrogens with zero attached hydrogens (tertiary/aromatic N) is 2. The minimum atomic E-state index is -0.631. The second-order valence-corrected chi connectivity index (χ2v) is 5.41. The van der Waals surface area contributed by atoms with E-state index in [2.05, 4.69) is 0 Å². The smallest absolute Gasteiger partial charge is 0.294 e. The van der Waals surface area contributed by atoms with Crippen molar-refractivity contribution in [3.8, 4) is 0 Å². The number of carbonyl (C=O) groups excluding carboxylic acids is 1. The highest BCUT2D eigenvalue weighted by Crippen LogP contribution is 2.32. The van der Waals surface area contributed by atoms with Gasteiger partial charge in [-0.1, -0.05) is 24.4 Å². The number of carbonyl (C=O) groups is 1. The van der Waals surface area contributed by atoms with Gasteiger partial charge in [0.05, 0.1) is 9.95 Å². The molecule has 1 aliphatic rings. The summed E-state index contributed by atoms with van der Waals surface area (Å²) in [6.45, 7) is 0. The number of hydrogen-bond donors (Lipinski definition) is 1. The van der Waals surface area contributed by atoms with Gasteiger partial charge in [-0.2, -0.15) is 0 Å². The zero-order valence-electron chi connectivity index (χ0n) is 11.1. The largest absolute Gasteiger partial charge is 0.392 e. The van der Waals surface area contributed by atoms with Gasteiger partial charge in [-0.05, 0) is 18.9 Å². The van der Waals surface area contributed by atoms with Crippen LogP contribution in [-0.4, -0.2) is 28.8 Å². The van der Waals surface area contributed by atoms with Gasteiger partial charge in [-0.25, -0.2) is 0 Å². The molecule has 0 aliphatic heterocycles. The minimum absolute atomic E-state index is 0.0300. The van der Waals surface area contributed by atoms with E-state index in [1.807, 2.05) is 0 Å². The van der Waals surface area contributed by atoms with Crippen LogP contribution in [0.1, 0.15) is 36.0 Å². The molecule has 0 atom stereocenters. The molecule has 2 rings (SSSR count). The lowest BCUT2D eigenvalue weighted by Gasteiger charge is -2.24. The van der Waals surface area contributed by atoms with E-state index >= 15 is 0 Å². The number of hydrogen-bond acceptors (Lipinski definition) is 4. The molecule has 0 bridgehead atoms. The maximum absolute atomic E-state index is 12.4. The van der Waals surface area contributed by atoms with Crippen molar-refractivity contribution in [3.05, 3.63) is 32.8 Å². The first kappa shape index (κ1) is 14.6. The third kappa shape index (κ3) is 2.70. The Bertz CT molecular complexity index is 556. The summed E-state index contributed by atoms with van der Waals surface area (Å²) >= 11 is 5.87. The van der Waals surface area contributed by atoms with Gasteiger partial charge >= 0.3 is 0 Å². The Morgan fingerprint density at radius 2 is 2.05 bits per heavy atom. The topological polar surface area (TPSA) is 89.5 Å². The SMILES string of the molecule is CN(C(=O)c1cc(Cl)c(N)c([N+](=O)[O-])c1)C1CCCC1. The van der Waals surface area contributed by atoms with Gasteiger partial charge in [0.1, 0.15) is 5.69 Å². The zero-order chi connectivity index (χ0) is 14.9. The van der Waals surface area contributed by atoms with Crippen LogP contribution in [0.4, 0.5) is 11.4 Å². The van der Waals surface area contributed by atoms with E-state index < -0.39 is 4.92 Å². The van der Waals surface area contributed by atoms with E-state index in [-0.39, 0.29) is 33.9 Å². The van der Waals surface area contributed by atoms with Crippen molar-refractivity contribution in [2.75, 3.05) is 12.8 Å². The first-order valence-corrected chi connectivity index (χ1v) is 6.80. The Balaban J connectivity index is 2.32. The number of nitrogen functional groups attached to an aromatic ring is 1. The van der Waals surface area contributed by atoms with E-state index in [9.17, 15) is 14.9 Å². The summed E-state index contributed by atoms with van der Waals surface area (Å²) in [6, 6.07) is 2.77. The number of amides is 1. The zero-order valence-corrected chi connectivity index (χ0v) is 11.9. The molecular formula is C13H16ClN3O3. The highest BCUT2D eigenvalue weighted by Gasteiger charge is 2.26. The lowest BCUT2D eigenvalue weighted by Crippen LogP contribution is -2.35. The number of rotatable bonds is 3. The summed E-state index contributed by atoms with van der Waals surface area (Å²) in [7, 11) is 1.72. The molecule has 1 aliphatic carbocycles. The molecule has 0 heterocycles. The number of halogens is 1. The van der Waals surface area contributed by atoms with Crippen molar-refractivity contribution in [1.29, 1.82) is 0 Å².